The van der Waals surface area contributed by atoms with E-state index in [0.717, 1.165) is 0 Å². The van der Waals surface area contributed by atoms with Crippen molar-refractivity contribution in [3.05, 3.63) is 0 Å². The van der Waals surface area contributed by atoms with Crippen molar-refractivity contribution in [2.24, 2.45) is 0 Å². The average Bonchev–Trinajstić information content (AvgIpc) is 0.722. The Morgan fingerprint density at radius 3 is 1.20 bits per heavy atom. The third kappa shape index (κ3) is 613. The molecule has 34 valence electrons. The van der Waals surface area contributed by atoms with Crippen LogP contribution in [-0.4, -0.2) is 4.89 Å². The molecule has 5 heavy (non-hydrogen) atoms. The number of halogens is 3. The van der Waals surface area contributed by atoms with Crippen LogP contribution in [0.3, 0.4) is 0 Å². The van der Waals surface area contributed by atoms with E-state index in [-0.39, 0.29) is 0 Å². The zero-order valence-electron chi connectivity index (χ0n) is 2.08. The zero-order valence-corrected chi connectivity index (χ0v) is 3.08. The summed E-state index contributed by atoms with van der Waals surface area (Å²) in [5, 5.41) is 0. The number of rotatable bonds is 0. The van der Waals surface area contributed by atoms with E-state index in [9.17, 15) is 12.6 Å². The van der Waals surface area contributed by atoms with Gasteiger partial charge in [-0.25, -0.2) is 0 Å². The normalized spacial score (nSPS) is 15.2. The van der Waals surface area contributed by atoms with Gasteiger partial charge in [-0.3, -0.25) is 0 Å². The molecule has 0 amide bonds. The SMILES string of the molecule is O[PH](F)(F)F. The Morgan fingerprint density at radius 1 is 1.20 bits per heavy atom. The van der Waals surface area contributed by atoms with Crippen molar-refractivity contribution in [1.29, 1.82) is 0 Å². The second kappa shape index (κ2) is 1.11. The van der Waals surface area contributed by atoms with Crippen molar-refractivity contribution in [3.8, 4) is 0 Å². The van der Waals surface area contributed by atoms with E-state index >= 15 is 0 Å². The first-order chi connectivity index (χ1) is 2.00. The molecule has 0 saturated heterocycles. The molecule has 1 nitrogen and oxygen atoms in total. The molecule has 0 aromatic rings. The zero-order chi connectivity index (χ0) is 4.50. The van der Waals surface area contributed by atoms with Crippen LogP contribution < -0.4 is 0 Å². The summed E-state index contributed by atoms with van der Waals surface area (Å²) in [6, 6.07) is 0. The van der Waals surface area contributed by atoms with Crippen molar-refractivity contribution in [2.75, 3.05) is 0 Å². The topological polar surface area (TPSA) is 20.2 Å². The third-order valence-electron chi connectivity index (χ3n) is 0. The van der Waals surface area contributed by atoms with E-state index < -0.39 is 8.42 Å². The molecule has 0 radical (unpaired) electrons. The van der Waals surface area contributed by atoms with Crippen LogP contribution in [0.15, 0.2) is 0 Å². The van der Waals surface area contributed by atoms with Gasteiger partial charge in [0.05, 0.1) is 0 Å². The molecule has 0 aliphatic heterocycles. The Kier molecular flexibility index (Phi) is 1.15. The summed E-state index contributed by atoms with van der Waals surface area (Å²) in [6.45, 7) is 0. The first-order valence-electron chi connectivity index (χ1n) is 0.791. The molecule has 0 saturated carbocycles. The van der Waals surface area contributed by atoms with Gasteiger partial charge in [0, 0.05) is 0 Å². The maximum atomic E-state index is 10.0. The Bertz CT molecular complexity index is 22.4. The molecule has 0 aliphatic carbocycles. The van der Waals surface area contributed by atoms with Gasteiger partial charge in [0.25, 0.3) is 0 Å². The van der Waals surface area contributed by atoms with Gasteiger partial charge in [0.2, 0.25) is 0 Å². The minimum atomic E-state index is -6.11. The summed E-state index contributed by atoms with van der Waals surface area (Å²) in [7, 11) is -6.11. The van der Waals surface area contributed by atoms with Crippen molar-refractivity contribution in [3.63, 3.8) is 0 Å². The molecular weight excluding hydrogens is 104 g/mol. The fraction of sp³-hybridized carbons (Fsp3) is 0. The van der Waals surface area contributed by atoms with E-state index in [1.807, 2.05) is 0 Å². The quantitative estimate of drug-likeness (QED) is 0.461. The molecule has 0 bridgehead atoms. The van der Waals surface area contributed by atoms with Gasteiger partial charge < -0.3 is 0 Å². The van der Waals surface area contributed by atoms with Gasteiger partial charge in [-0.2, -0.15) is 0 Å². The molecular formula is H2F3OP. The number of hydrogen-bond donors (Lipinski definition) is 1. The van der Waals surface area contributed by atoms with Crippen molar-refractivity contribution < 1.29 is 17.5 Å². The summed E-state index contributed by atoms with van der Waals surface area (Å²) in [5.41, 5.74) is 0. The van der Waals surface area contributed by atoms with Crippen LogP contribution in [0.2, 0.25) is 0 Å². The standard InChI is InChI=1S/F3H2OP/c1-5(2,3)4/h4-5H. The van der Waals surface area contributed by atoms with E-state index in [2.05, 4.69) is 0 Å². The fourth-order valence-corrected chi connectivity index (χ4v) is 0. The molecule has 1 N–H and O–H groups in total. The van der Waals surface area contributed by atoms with E-state index in [0.29, 0.717) is 0 Å². The first-order valence-corrected chi connectivity index (χ1v) is 2.37. The van der Waals surface area contributed by atoms with Crippen LogP contribution in [0.4, 0.5) is 12.6 Å². The summed E-state index contributed by atoms with van der Waals surface area (Å²) in [4.78, 5) is 6.66. The third-order valence-corrected chi connectivity index (χ3v) is 0. The predicted octanol–water partition coefficient (Wildman–Crippen LogP) is 1.30. The number of hydrogen-bond acceptors (Lipinski definition) is 1. The van der Waals surface area contributed by atoms with Gasteiger partial charge in [0.15, 0.2) is 0 Å². The van der Waals surface area contributed by atoms with Crippen LogP contribution >= 0.6 is 8.42 Å². The molecule has 0 spiro atoms. The van der Waals surface area contributed by atoms with Crippen LogP contribution in [0.1, 0.15) is 0 Å². The summed E-state index contributed by atoms with van der Waals surface area (Å²) < 4.78 is 30.1. The summed E-state index contributed by atoms with van der Waals surface area (Å²) in [5.74, 6) is 0. The molecule has 5 heteroatoms. The van der Waals surface area contributed by atoms with E-state index in [4.69, 9.17) is 4.89 Å². The second-order valence-electron chi connectivity index (χ2n) is 0.468. The molecule has 0 fully saturated rings. The Hall–Kier alpha value is 0.180. The Labute approximate surface area is 27.2 Å². The Balaban J connectivity index is 3.02. The molecule has 0 aromatic carbocycles. The van der Waals surface area contributed by atoms with Crippen molar-refractivity contribution in [2.45, 2.75) is 0 Å². The molecule has 0 atom stereocenters. The molecule has 0 heterocycles. The van der Waals surface area contributed by atoms with Gasteiger partial charge in [-0.05, 0) is 0 Å². The summed E-state index contributed by atoms with van der Waals surface area (Å²) in [6.07, 6.45) is 0. The van der Waals surface area contributed by atoms with Crippen molar-refractivity contribution >= 4 is 8.42 Å². The average molecular weight is 106 g/mol. The summed E-state index contributed by atoms with van der Waals surface area (Å²) >= 11 is 0. The molecule has 0 rings (SSSR count). The fourth-order valence-electron chi connectivity index (χ4n) is 0. The molecule has 0 aliphatic rings. The predicted molar refractivity (Wildman–Crippen MR) is 13.9 cm³/mol. The van der Waals surface area contributed by atoms with Crippen molar-refractivity contribution in [1.82, 2.24) is 0 Å². The van der Waals surface area contributed by atoms with Crippen LogP contribution in [0.5, 0.6) is 0 Å². The van der Waals surface area contributed by atoms with Gasteiger partial charge in [-0.1, -0.05) is 0 Å². The van der Waals surface area contributed by atoms with Gasteiger partial charge in [0.1, 0.15) is 0 Å². The first kappa shape index (κ1) is 5.18. The molecule has 0 aromatic heterocycles. The maximum absolute atomic E-state index is 10.0. The Morgan fingerprint density at radius 2 is 1.20 bits per heavy atom. The van der Waals surface area contributed by atoms with Crippen LogP contribution in [0.25, 0.3) is 0 Å². The van der Waals surface area contributed by atoms with Crippen LogP contribution in [-0.2, 0) is 0 Å². The molecule has 0 unspecified atom stereocenters. The van der Waals surface area contributed by atoms with Gasteiger partial charge in [-0.15, -0.1) is 0 Å². The van der Waals surface area contributed by atoms with E-state index in [1.165, 1.54) is 0 Å². The second-order valence-corrected chi connectivity index (χ2v) is 1.40. The van der Waals surface area contributed by atoms with Crippen LogP contribution in [0, 0.1) is 0 Å². The van der Waals surface area contributed by atoms with Gasteiger partial charge >= 0.3 is 25.9 Å². The minimum absolute atomic E-state index is 6.11. The van der Waals surface area contributed by atoms with E-state index in [1.54, 1.807) is 0 Å². The monoisotopic (exact) mass is 106 g/mol.